The third-order valence-corrected chi connectivity index (χ3v) is 4.32. The van der Waals surface area contributed by atoms with Gasteiger partial charge in [0, 0.05) is 5.56 Å². The Morgan fingerprint density at radius 3 is 2.45 bits per heavy atom. The lowest BCUT2D eigenvalue weighted by Gasteiger charge is -2.11. The van der Waals surface area contributed by atoms with Gasteiger partial charge in [0.15, 0.2) is 0 Å². The van der Waals surface area contributed by atoms with E-state index in [4.69, 9.17) is 17.0 Å². The molecule has 5 heteroatoms. The first-order valence-electron chi connectivity index (χ1n) is 6.71. The lowest BCUT2D eigenvalue weighted by atomic mass is 10.1. The molecular formula is C17H13NO2S2. The lowest BCUT2D eigenvalue weighted by molar-refractivity contribution is -0.115. The predicted octanol–water partition coefficient (Wildman–Crippen LogP) is 4.28. The fourth-order valence-electron chi connectivity index (χ4n) is 2.04. The van der Waals surface area contributed by atoms with Crippen molar-refractivity contribution in [2.24, 2.45) is 0 Å². The summed E-state index contributed by atoms with van der Waals surface area (Å²) >= 11 is 6.27. The molecule has 0 spiro atoms. The highest BCUT2D eigenvalue weighted by molar-refractivity contribution is 8.26. The van der Waals surface area contributed by atoms with Crippen LogP contribution in [0.4, 0.5) is 0 Å². The van der Waals surface area contributed by atoms with Crippen LogP contribution < -0.4 is 10.1 Å². The van der Waals surface area contributed by atoms with E-state index in [1.165, 1.54) is 11.8 Å². The molecule has 1 amide bonds. The molecule has 3 rings (SSSR count). The zero-order chi connectivity index (χ0) is 15.5. The van der Waals surface area contributed by atoms with Crippen molar-refractivity contribution in [3.05, 3.63) is 64.6 Å². The van der Waals surface area contributed by atoms with Crippen LogP contribution in [0.5, 0.6) is 11.5 Å². The largest absolute Gasteiger partial charge is 0.456 e. The van der Waals surface area contributed by atoms with Crippen molar-refractivity contribution in [3.8, 4) is 11.5 Å². The number of thiocarbonyl (C=S) groups is 1. The number of thioether (sulfide) groups is 1. The number of ether oxygens (including phenoxy) is 1. The Hall–Kier alpha value is -2.11. The van der Waals surface area contributed by atoms with Crippen LogP contribution in [0, 0.1) is 6.92 Å². The van der Waals surface area contributed by atoms with Gasteiger partial charge < -0.3 is 10.1 Å². The van der Waals surface area contributed by atoms with Gasteiger partial charge in [0.05, 0.1) is 4.91 Å². The molecule has 0 saturated carbocycles. The molecule has 110 valence electrons. The number of benzene rings is 2. The molecule has 22 heavy (non-hydrogen) atoms. The number of hydrogen-bond donors (Lipinski definition) is 1. The number of carbonyl (C=O) groups excluding carboxylic acids is 1. The Morgan fingerprint density at radius 2 is 1.77 bits per heavy atom. The van der Waals surface area contributed by atoms with E-state index in [-0.39, 0.29) is 5.91 Å². The summed E-state index contributed by atoms with van der Waals surface area (Å²) in [4.78, 5) is 12.4. The first kappa shape index (κ1) is 14.8. The number of hydrogen-bond acceptors (Lipinski definition) is 4. The minimum atomic E-state index is -0.166. The van der Waals surface area contributed by atoms with Crippen LogP contribution in [0.25, 0.3) is 6.08 Å². The molecule has 2 aromatic carbocycles. The molecule has 3 nitrogen and oxygen atoms in total. The number of amides is 1. The molecule has 1 saturated heterocycles. The Balaban J connectivity index is 1.94. The summed E-state index contributed by atoms with van der Waals surface area (Å²) in [5.74, 6) is 1.34. The van der Waals surface area contributed by atoms with E-state index in [0.717, 1.165) is 16.9 Å². The van der Waals surface area contributed by atoms with Crippen molar-refractivity contribution in [1.29, 1.82) is 0 Å². The molecule has 1 heterocycles. The summed E-state index contributed by atoms with van der Waals surface area (Å²) < 4.78 is 6.47. The molecule has 1 aliphatic heterocycles. The SMILES string of the molecule is Cc1ccccc1Oc1ccccc1C=C1SC(=S)NC1=O. The summed E-state index contributed by atoms with van der Waals surface area (Å²) in [6.07, 6.45) is 1.80. The molecule has 0 atom stereocenters. The van der Waals surface area contributed by atoms with Crippen LogP contribution in [0.15, 0.2) is 53.4 Å². The first-order chi connectivity index (χ1) is 10.6. The summed E-state index contributed by atoms with van der Waals surface area (Å²) in [6, 6.07) is 15.4. The Bertz CT molecular complexity index is 784. The van der Waals surface area contributed by atoms with Crippen molar-refractivity contribution >= 4 is 40.3 Å². The molecular weight excluding hydrogens is 314 g/mol. The van der Waals surface area contributed by atoms with E-state index >= 15 is 0 Å². The standard InChI is InChI=1S/C17H13NO2S2/c1-11-6-2-4-8-13(11)20-14-9-5-3-7-12(14)10-15-16(19)18-17(21)22-15/h2-10H,1H3,(H,18,19,21). The van der Waals surface area contributed by atoms with Crippen LogP contribution in [0.2, 0.25) is 0 Å². The van der Waals surface area contributed by atoms with E-state index in [1.54, 1.807) is 6.08 Å². The zero-order valence-corrected chi connectivity index (χ0v) is 13.5. The fraction of sp³-hybridized carbons (Fsp3) is 0.0588. The van der Waals surface area contributed by atoms with Crippen molar-refractivity contribution in [1.82, 2.24) is 5.32 Å². The van der Waals surface area contributed by atoms with Gasteiger partial charge in [-0.1, -0.05) is 60.4 Å². The van der Waals surface area contributed by atoms with Crippen molar-refractivity contribution in [3.63, 3.8) is 0 Å². The van der Waals surface area contributed by atoms with Gasteiger partial charge in [-0.15, -0.1) is 0 Å². The van der Waals surface area contributed by atoms with Gasteiger partial charge >= 0.3 is 0 Å². The summed E-state index contributed by atoms with van der Waals surface area (Å²) in [7, 11) is 0. The van der Waals surface area contributed by atoms with Crippen LogP contribution in [-0.4, -0.2) is 10.2 Å². The summed E-state index contributed by atoms with van der Waals surface area (Å²) in [6.45, 7) is 2.00. The number of carbonyl (C=O) groups is 1. The van der Waals surface area contributed by atoms with E-state index < -0.39 is 0 Å². The van der Waals surface area contributed by atoms with E-state index in [9.17, 15) is 4.79 Å². The minimum Gasteiger partial charge on any atom is -0.456 e. The van der Waals surface area contributed by atoms with Crippen molar-refractivity contribution in [2.75, 3.05) is 0 Å². The topological polar surface area (TPSA) is 38.3 Å². The van der Waals surface area contributed by atoms with Crippen LogP contribution in [-0.2, 0) is 4.79 Å². The first-order valence-corrected chi connectivity index (χ1v) is 7.93. The van der Waals surface area contributed by atoms with E-state index in [2.05, 4.69) is 5.32 Å². The maximum absolute atomic E-state index is 11.8. The Morgan fingerprint density at radius 1 is 1.09 bits per heavy atom. The zero-order valence-electron chi connectivity index (χ0n) is 11.8. The average Bonchev–Trinajstić information content (AvgIpc) is 2.81. The average molecular weight is 327 g/mol. The third kappa shape index (κ3) is 3.21. The van der Waals surface area contributed by atoms with Crippen molar-refractivity contribution in [2.45, 2.75) is 6.92 Å². The highest BCUT2D eigenvalue weighted by Crippen LogP contribution is 2.32. The molecule has 1 fully saturated rings. The third-order valence-electron chi connectivity index (χ3n) is 3.16. The monoisotopic (exact) mass is 327 g/mol. The quantitative estimate of drug-likeness (QED) is 0.675. The van der Waals surface area contributed by atoms with Crippen LogP contribution >= 0.6 is 24.0 Å². The molecule has 1 N–H and O–H groups in total. The molecule has 0 aliphatic carbocycles. The van der Waals surface area contributed by atoms with Gasteiger partial charge in [-0.3, -0.25) is 4.79 Å². The van der Waals surface area contributed by atoms with Gasteiger partial charge in [-0.05, 0) is 30.7 Å². The van der Waals surface area contributed by atoms with Crippen LogP contribution in [0.1, 0.15) is 11.1 Å². The molecule has 0 unspecified atom stereocenters. The lowest BCUT2D eigenvalue weighted by Crippen LogP contribution is -2.17. The molecule has 0 aromatic heterocycles. The Kier molecular flexibility index (Phi) is 4.27. The van der Waals surface area contributed by atoms with Crippen molar-refractivity contribution < 1.29 is 9.53 Å². The smallest absolute Gasteiger partial charge is 0.263 e. The summed E-state index contributed by atoms with van der Waals surface area (Å²) in [5.41, 5.74) is 1.90. The van der Waals surface area contributed by atoms with E-state index in [1.807, 2.05) is 55.5 Å². The highest BCUT2D eigenvalue weighted by Gasteiger charge is 2.22. The molecule has 1 aliphatic rings. The number of para-hydroxylation sites is 2. The Labute approximate surface area is 138 Å². The van der Waals surface area contributed by atoms with E-state index in [0.29, 0.717) is 15.0 Å². The normalized spacial score (nSPS) is 16.0. The van der Waals surface area contributed by atoms with Crippen LogP contribution in [0.3, 0.4) is 0 Å². The molecule has 2 aromatic rings. The minimum absolute atomic E-state index is 0.166. The van der Waals surface area contributed by atoms with Gasteiger partial charge in [0.1, 0.15) is 15.8 Å². The second kappa shape index (κ2) is 6.34. The summed E-state index contributed by atoms with van der Waals surface area (Å²) in [5, 5.41) is 2.61. The van der Waals surface area contributed by atoms with Gasteiger partial charge in [-0.2, -0.15) is 0 Å². The second-order valence-electron chi connectivity index (χ2n) is 4.76. The molecule has 0 bridgehead atoms. The number of nitrogens with one attached hydrogen (secondary N) is 1. The van der Waals surface area contributed by atoms with Gasteiger partial charge in [0.2, 0.25) is 0 Å². The highest BCUT2D eigenvalue weighted by atomic mass is 32.2. The van der Waals surface area contributed by atoms with Gasteiger partial charge in [0.25, 0.3) is 5.91 Å². The fourth-order valence-corrected chi connectivity index (χ4v) is 3.08. The van der Waals surface area contributed by atoms with Gasteiger partial charge in [-0.25, -0.2) is 0 Å². The predicted molar refractivity (Wildman–Crippen MR) is 94.0 cm³/mol. The second-order valence-corrected chi connectivity index (χ2v) is 6.48. The molecule has 0 radical (unpaired) electrons. The maximum atomic E-state index is 11.8. The maximum Gasteiger partial charge on any atom is 0.263 e. The number of aryl methyl sites for hydroxylation is 1. The number of rotatable bonds is 3.